The Morgan fingerprint density at radius 1 is 1.15 bits per heavy atom. The van der Waals surface area contributed by atoms with Crippen molar-refractivity contribution < 1.29 is 14.7 Å². The van der Waals surface area contributed by atoms with E-state index >= 15 is 0 Å². The lowest BCUT2D eigenvalue weighted by Crippen LogP contribution is -2.49. The van der Waals surface area contributed by atoms with Gasteiger partial charge < -0.3 is 19.5 Å². The fourth-order valence-corrected chi connectivity index (χ4v) is 4.62. The van der Waals surface area contributed by atoms with Gasteiger partial charge in [-0.05, 0) is 24.3 Å². The van der Waals surface area contributed by atoms with Crippen LogP contribution in [0.1, 0.15) is 30.6 Å². The number of amides is 1. The summed E-state index contributed by atoms with van der Waals surface area (Å²) in [6.07, 6.45) is 3.09. The second-order valence-corrected chi connectivity index (χ2v) is 8.68. The number of hydrogen-bond donors (Lipinski definition) is 1. The van der Waals surface area contributed by atoms with Crippen molar-refractivity contribution in [1.29, 1.82) is 0 Å². The van der Waals surface area contributed by atoms with Gasteiger partial charge in [0.1, 0.15) is 11.2 Å². The van der Waals surface area contributed by atoms with Crippen LogP contribution in [-0.2, 0) is 17.9 Å². The van der Waals surface area contributed by atoms with Crippen LogP contribution in [0.4, 0.5) is 5.95 Å². The molecule has 0 aromatic carbocycles. The molecule has 1 N–H and O–H groups in total. The zero-order valence-corrected chi connectivity index (χ0v) is 19.7. The van der Waals surface area contributed by atoms with Gasteiger partial charge in [0.2, 0.25) is 22.4 Å². The minimum Gasteiger partial charge on any atom is -0.477 e. The Hall–Kier alpha value is -3.55. The van der Waals surface area contributed by atoms with Crippen molar-refractivity contribution in [2.75, 3.05) is 36.8 Å². The molecule has 3 aromatic heterocycles. The first kappa shape index (κ1) is 23.6. The van der Waals surface area contributed by atoms with Crippen LogP contribution < -0.4 is 10.3 Å². The molecule has 4 rings (SSSR count). The quantitative estimate of drug-likeness (QED) is 0.438. The molecule has 1 saturated heterocycles. The van der Waals surface area contributed by atoms with Crippen molar-refractivity contribution >= 4 is 40.6 Å². The maximum Gasteiger partial charge on any atom is 0.341 e. The number of piperazine rings is 1. The number of fused-ring (bicyclic) bond motifs is 1. The minimum atomic E-state index is -1.28. The van der Waals surface area contributed by atoms with E-state index < -0.39 is 11.4 Å². The number of aryl methyl sites for hydroxylation is 2. The van der Waals surface area contributed by atoms with Crippen LogP contribution in [0, 0.1) is 0 Å². The summed E-state index contributed by atoms with van der Waals surface area (Å²) >= 11 is 1.46. The van der Waals surface area contributed by atoms with Crippen molar-refractivity contribution in [2.24, 2.45) is 0 Å². The van der Waals surface area contributed by atoms with Crippen LogP contribution in [-0.4, -0.2) is 88.6 Å². The van der Waals surface area contributed by atoms with E-state index in [0.717, 1.165) is 0 Å². The van der Waals surface area contributed by atoms with Crippen molar-refractivity contribution in [3.63, 3.8) is 0 Å². The summed E-state index contributed by atoms with van der Waals surface area (Å²) in [6, 6.07) is 0. The highest BCUT2D eigenvalue weighted by molar-refractivity contribution is 7.99. The molecule has 0 aliphatic carbocycles. The van der Waals surface area contributed by atoms with Gasteiger partial charge >= 0.3 is 5.97 Å². The van der Waals surface area contributed by atoms with Crippen LogP contribution in [0.5, 0.6) is 0 Å². The van der Waals surface area contributed by atoms with Gasteiger partial charge in [0, 0.05) is 63.8 Å². The monoisotopic (exact) mass is 487 g/mol. The van der Waals surface area contributed by atoms with Gasteiger partial charge in [0.25, 0.3) is 0 Å². The maximum atomic E-state index is 12.6. The van der Waals surface area contributed by atoms with Crippen LogP contribution in [0.3, 0.4) is 0 Å². The molecule has 1 amide bonds. The van der Waals surface area contributed by atoms with E-state index in [0.29, 0.717) is 68.2 Å². The number of carbonyl (C=O) groups excluding carboxylic acids is 1. The van der Waals surface area contributed by atoms with E-state index in [-0.39, 0.29) is 16.9 Å². The van der Waals surface area contributed by atoms with Crippen molar-refractivity contribution in [2.45, 2.75) is 38.5 Å². The third-order valence-corrected chi connectivity index (χ3v) is 6.59. The summed E-state index contributed by atoms with van der Waals surface area (Å²) in [5.74, 6) is -0.157. The van der Waals surface area contributed by atoms with Crippen LogP contribution in [0.25, 0.3) is 11.0 Å². The molecule has 1 aliphatic rings. The smallest absolute Gasteiger partial charge is 0.341 e. The molecule has 14 heteroatoms. The largest absolute Gasteiger partial charge is 0.477 e. The van der Waals surface area contributed by atoms with Crippen LogP contribution in [0.2, 0.25) is 0 Å². The van der Waals surface area contributed by atoms with Gasteiger partial charge in [-0.1, -0.05) is 11.8 Å². The molecule has 0 bridgehead atoms. The van der Waals surface area contributed by atoms with Gasteiger partial charge in [-0.25, -0.2) is 14.5 Å². The lowest BCUT2D eigenvalue weighted by Gasteiger charge is -2.34. The Kier molecular flexibility index (Phi) is 7.05. The summed E-state index contributed by atoms with van der Waals surface area (Å²) in [5.41, 5.74) is -0.505. The normalized spacial score (nSPS) is 14.1. The van der Waals surface area contributed by atoms with Crippen molar-refractivity contribution in [1.82, 2.24) is 39.6 Å². The molecule has 3 aromatic rings. The van der Waals surface area contributed by atoms with E-state index in [1.165, 1.54) is 24.2 Å². The zero-order chi connectivity index (χ0) is 24.2. The molecule has 0 unspecified atom stereocenters. The summed E-state index contributed by atoms with van der Waals surface area (Å²) in [5, 5.41) is 21.7. The number of hydrogen-bond acceptors (Lipinski definition) is 10. The van der Waals surface area contributed by atoms with Gasteiger partial charge in [0.15, 0.2) is 0 Å². The predicted octanol–water partition coefficient (Wildman–Crippen LogP) is 0.347. The highest BCUT2D eigenvalue weighted by Crippen LogP contribution is 2.18. The standard InChI is InChI=1S/C20H25N9O4S/c1-3-26-12-14(18(32)33)16(31)13-11-21-19(22-17(13)26)28-8-6-27(7-9-28)15(30)5-10-34-20-23-24-25-29(20)4-2/h11-12H,3-10H2,1-2H3,(H,32,33). The van der Waals surface area contributed by atoms with Crippen molar-refractivity contribution in [3.05, 3.63) is 28.2 Å². The Balaban J connectivity index is 1.39. The number of thioether (sulfide) groups is 1. The average molecular weight is 488 g/mol. The molecule has 180 valence electrons. The van der Waals surface area contributed by atoms with Crippen LogP contribution >= 0.6 is 11.8 Å². The Labute approximate surface area is 198 Å². The minimum absolute atomic E-state index is 0.0723. The summed E-state index contributed by atoms with van der Waals surface area (Å²) in [7, 11) is 0. The number of tetrazole rings is 1. The topological polar surface area (TPSA) is 152 Å². The Morgan fingerprint density at radius 3 is 2.59 bits per heavy atom. The lowest BCUT2D eigenvalue weighted by atomic mass is 10.2. The second kappa shape index (κ2) is 10.2. The molecular formula is C20H25N9O4S. The van der Waals surface area contributed by atoms with E-state index in [1.54, 1.807) is 9.25 Å². The average Bonchev–Trinajstić information content (AvgIpc) is 3.31. The number of pyridine rings is 1. The molecular weight excluding hydrogens is 462 g/mol. The molecule has 1 aliphatic heterocycles. The molecule has 13 nitrogen and oxygen atoms in total. The first-order chi connectivity index (χ1) is 16.4. The van der Waals surface area contributed by atoms with E-state index in [2.05, 4.69) is 25.5 Å². The van der Waals surface area contributed by atoms with Gasteiger partial charge in [-0.2, -0.15) is 4.98 Å². The number of nitrogens with zero attached hydrogens (tertiary/aromatic N) is 9. The first-order valence-corrected chi connectivity index (χ1v) is 12.0. The third kappa shape index (κ3) is 4.71. The number of carboxylic acids is 1. The zero-order valence-electron chi connectivity index (χ0n) is 18.9. The highest BCUT2D eigenvalue weighted by Gasteiger charge is 2.24. The fraction of sp³-hybridized carbons (Fsp3) is 0.500. The molecule has 0 spiro atoms. The van der Waals surface area contributed by atoms with E-state index in [1.807, 2.05) is 23.6 Å². The highest BCUT2D eigenvalue weighted by atomic mass is 32.2. The number of anilines is 1. The Bertz CT molecular complexity index is 1270. The first-order valence-electron chi connectivity index (χ1n) is 11.0. The van der Waals surface area contributed by atoms with Crippen molar-refractivity contribution in [3.8, 4) is 0 Å². The third-order valence-electron chi connectivity index (χ3n) is 5.63. The molecule has 1 fully saturated rings. The number of aromatic nitrogens is 7. The number of carbonyl (C=O) groups is 2. The molecule has 0 atom stereocenters. The van der Waals surface area contributed by atoms with Gasteiger partial charge in [0.05, 0.1) is 5.39 Å². The predicted molar refractivity (Wildman–Crippen MR) is 124 cm³/mol. The fourth-order valence-electron chi connectivity index (χ4n) is 3.75. The molecule has 34 heavy (non-hydrogen) atoms. The summed E-state index contributed by atoms with van der Waals surface area (Å²) < 4.78 is 3.33. The second-order valence-electron chi connectivity index (χ2n) is 7.61. The van der Waals surface area contributed by atoms with E-state index in [4.69, 9.17) is 0 Å². The maximum absolute atomic E-state index is 12.6. The summed E-state index contributed by atoms with van der Waals surface area (Å²) in [6.45, 7) is 7.13. The molecule has 0 radical (unpaired) electrons. The SMILES string of the molecule is CCn1nnnc1SCCC(=O)N1CCN(c2ncc3c(=O)c(C(=O)O)cn(CC)c3n2)CC1. The lowest BCUT2D eigenvalue weighted by molar-refractivity contribution is -0.131. The van der Waals surface area contributed by atoms with Gasteiger partial charge in [-0.3, -0.25) is 9.59 Å². The van der Waals surface area contributed by atoms with Crippen LogP contribution in [0.15, 0.2) is 22.3 Å². The Morgan fingerprint density at radius 2 is 1.91 bits per heavy atom. The summed E-state index contributed by atoms with van der Waals surface area (Å²) in [4.78, 5) is 49.1. The van der Waals surface area contributed by atoms with Gasteiger partial charge in [-0.15, -0.1) is 5.10 Å². The molecule has 0 saturated carbocycles. The number of aromatic carboxylic acids is 1. The van der Waals surface area contributed by atoms with E-state index in [9.17, 15) is 19.5 Å². The number of rotatable bonds is 8. The molecule has 4 heterocycles. The number of carboxylic acid groups (broad SMARTS) is 1.